The molecule has 2 aliphatic rings. The highest BCUT2D eigenvalue weighted by Gasteiger charge is 2.38. The predicted molar refractivity (Wildman–Crippen MR) is 120 cm³/mol. The standard InChI is InChI=1S/C21H22FN5O3.C2HF3O2/c1-2-3-20(28)25-6-7-26-16(11-25)12-27-19(26)9-18(24-21(27)29)30-13-14-4-5-17(22)15(8-14)10-23;3-2(4,5)1(6)7/h4-5,8-9,16H,2-3,6-7,11-13H2,1H3;(H,6,7). The number of alkyl halides is 3. The number of amides is 1. The molecule has 4 rings (SSSR count). The summed E-state index contributed by atoms with van der Waals surface area (Å²) in [6.45, 7) is 4.39. The van der Waals surface area contributed by atoms with Gasteiger partial charge in [-0.3, -0.25) is 9.36 Å². The molecule has 10 nitrogen and oxygen atoms in total. The summed E-state index contributed by atoms with van der Waals surface area (Å²) in [5.74, 6) is -2.28. The van der Waals surface area contributed by atoms with Crippen molar-refractivity contribution in [3.8, 4) is 11.9 Å². The summed E-state index contributed by atoms with van der Waals surface area (Å²) in [5.41, 5.74) is 0.146. The first-order chi connectivity index (χ1) is 17.4. The van der Waals surface area contributed by atoms with Crippen LogP contribution in [0, 0.1) is 17.1 Å². The molecule has 37 heavy (non-hydrogen) atoms. The lowest BCUT2D eigenvalue weighted by atomic mass is 10.1. The summed E-state index contributed by atoms with van der Waals surface area (Å²) in [5, 5.41) is 16.1. The van der Waals surface area contributed by atoms with E-state index in [0.29, 0.717) is 38.2 Å². The number of halogens is 4. The highest BCUT2D eigenvalue weighted by molar-refractivity contribution is 5.76. The lowest BCUT2D eigenvalue weighted by Gasteiger charge is -2.38. The minimum Gasteiger partial charge on any atom is -0.475 e. The third-order valence-electron chi connectivity index (χ3n) is 5.73. The zero-order valence-electron chi connectivity index (χ0n) is 19.7. The van der Waals surface area contributed by atoms with Gasteiger partial charge in [-0.05, 0) is 24.1 Å². The quantitative estimate of drug-likeness (QED) is 0.589. The van der Waals surface area contributed by atoms with Gasteiger partial charge in [-0.2, -0.15) is 23.4 Å². The first-order valence-corrected chi connectivity index (χ1v) is 11.2. The van der Waals surface area contributed by atoms with E-state index >= 15 is 0 Å². The maximum atomic E-state index is 13.5. The minimum atomic E-state index is -5.08. The fraction of sp³-hybridized carbons (Fsp3) is 0.435. The van der Waals surface area contributed by atoms with E-state index in [2.05, 4.69) is 9.88 Å². The number of fused-ring (bicyclic) bond motifs is 3. The molecule has 14 heteroatoms. The molecule has 3 heterocycles. The molecule has 2 aromatic rings. The van der Waals surface area contributed by atoms with Crippen molar-refractivity contribution >= 4 is 17.7 Å². The van der Waals surface area contributed by atoms with Crippen molar-refractivity contribution in [2.45, 2.75) is 45.1 Å². The van der Waals surface area contributed by atoms with Gasteiger partial charge in [-0.15, -0.1) is 0 Å². The van der Waals surface area contributed by atoms with Crippen LogP contribution in [0.15, 0.2) is 29.1 Å². The molecule has 1 N–H and O–H groups in total. The maximum Gasteiger partial charge on any atom is 0.490 e. The summed E-state index contributed by atoms with van der Waals surface area (Å²) < 4.78 is 52.5. The highest BCUT2D eigenvalue weighted by atomic mass is 19.4. The van der Waals surface area contributed by atoms with Gasteiger partial charge in [-0.1, -0.05) is 13.0 Å². The Kier molecular flexibility index (Phi) is 8.36. The first-order valence-electron chi connectivity index (χ1n) is 11.2. The number of benzene rings is 1. The molecule has 1 fully saturated rings. The number of carbonyl (C=O) groups is 2. The number of ether oxygens (including phenoxy) is 1. The third-order valence-corrected chi connectivity index (χ3v) is 5.73. The molecule has 1 aromatic carbocycles. The molecule has 0 spiro atoms. The molecule has 2 aliphatic heterocycles. The molecule has 1 unspecified atom stereocenters. The minimum absolute atomic E-state index is 0.0413. The van der Waals surface area contributed by atoms with E-state index < -0.39 is 23.7 Å². The van der Waals surface area contributed by atoms with Crippen LogP contribution in [0.4, 0.5) is 23.4 Å². The number of carboxylic acid groups (broad SMARTS) is 1. The number of carboxylic acids is 1. The number of aromatic nitrogens is 2. The van der Waals surface area contributed by atoms with E-state index in [1.54, 1.807) is 16.7 Å². The van der Waals surface area contributed by atoms with Crippen LogP contribution in [0.5, 0.6) is 5.88 Å². The van der Waals surface area contributed by atoms with Crippen LogP contribution in [-0.4, -0.2) is 63.3 Å². The second-order valence-electron chi connectivity index (χ2n) is 8.30. The first kappa shape index (κ1) is 27.4. The van der Waals surface area contributed by atoms with Crippen LogP contribution in [0.25, 0.3) is 0 Å². The molecule has 1 aromatic heterocycles. The SMILES string of the molecule is CCCC(=O)N1CCN2c3cc(OCc4ccc(F)c(C#N)c4)nc(=O)n3CC2C1.O=C(O)C(F)(F)F. The average molecular weight is 525 g/mol. The van der Waals surface area contributed by atoms with Gasteiger partial charge in [0.15, 0.2) is 0 Å². The van der Waals surface area contributed by atoms with Crippen LogP contribution in [0.3, 0.4) is 0 Å². The normalized spacial score (nSPS) is 16.2. The molecule has 1 amide bonds. The van der Waals surface area contributed by atoms with Gasteiger partial charge in [0.2, 0.25) is 11.8 Å². The zero-order valence-corrected chi connectivity index (χ0v) is 19.7. The van der Waals surface area contributed by atoms with Crippen LogP contribution in [-0.2, 0) is 22.7 Å². The highest BCUT2D eigenvalue weighted by Crippen LogP contribution is 2.29. The van der Waals surface area contributed by atoms with Crippen molar-refractivity contribution in [3.63, 3.8) is 0 Å². The predicted octanol–water partition coefficient (Wildman–Crippen LogP) is 2.30. The second-order valence-corrected chi connectivity index (χ2v) is 8.30. The summed E-state index contributed by atoms with van der Waals surface area (Å²) in [4.78, 5) is 41.6. The number of carbonyl (C=O) groups excluding carboxylic acids is 1. The van der Waals surface area contributed by atoms with E-state index in [-0.39, 0.29) is 30.0 Å². The van der Waals surface area contributed by atoms with E-state index in [9.17, 15) is 27.2 Å². The molecule has 0 radical (unpaired) electrons. The Labute approximate surface area is 208 Å². The monoisotopic (exact) mass is 525 g/mol. The number of rotatable bonds is 5. The summed E-state index contributed by atoms with van der Waals surface area (Å²) in [6.07, 6.45) is -3.73. The van der Waals surface area contributed by atoms with Crippen LogP contribution in [0.1, 0.15) is 30.9 Å². The Morgan fingerprint density at radius 2 is 1.95 bits per heavy atom. The summed E-state index contributed by atoms with van der Waals surface area (Å²) in [7, 11) is 0. The Morgan fingerprint density at radius 3 is 2.57 bits per heavy atom. The smallest absolute Gasteiger partial charge is 0.475 e. The van der Waals surface area contributed by atoms with Gasteiger partial charge in [0.25, 0.3) is 0 Å². The average Bonchev–Trinajstić information content (AvgIpc) is 3.22. The number of nitriles is 1. The number of piperazine rings is 1. The van der Waals surface area contributed by atoms with Gasteiger partial charge >= 0.3 is 17.8 Å². The Bertz CT molecular complexity index is 1270. The number of anilines is 1. The van der Waals surface area contributed by atoms with Gasteiger partial charge in [0, 0.05) is 32.1 Å². The summed E-state index contributed by atoms with van der Waals surface area (Å²) >= 11 is 0. The third kappa shape index (κ3) is 6.54. The lowest BCUT2D eigenvalue weighted by molar-refractivity contribution is -0.192. The Hall–Kier alpha value is -4.15. The van der Waals surface area contributed by atoms with Crippen LogP contribution < -0.4 is 15.3 Å². The summed E-state index contributed by atoms with van der Waals surface area (Å²) in [6, 6.07) is 7.71. The topological polar surface area (TPSA) is 129 Å². The number of aliphatic carboxylic acids is 1. The number of hydrogen-bond donors (Lipinski definition) is 1. The molecular formula is C23H23F4N5O5. The molecule has 0 aliphatic carbocycles. The van der Waals surface area contributed by atoms with E-state index in [1.165, 1.54) is 18.2 Å². The fourth-order valence-corrected chi connectivity index (χ4v) is 3.98. The zero-order chi connectivity index (χ0) is 27.3. The molecule has 0 bridgehead atoms. The van der Waals surface area contributed by atoms with Gasteiger partial charge in [-0.25, -0.2) is 14.0 Å². The van der Waals surface area contributed by atoms with E-state index in [1.807, 2.05) is 11.8 Å². The molecular weight excluding hydrogens is 502 g/mol. The van der Waals surface area contributed by atoms with Crippen molar-refractivity contribution < 1.29 is 37.0 Å². The van der Waals surface area contributed by atoms with Gasteiger partial charge in [0.1, 0.15) is 24.3 Å². The van der Waals surface area contributed by atoms with Crippen LogP contribution >= 0.6 is 0 Å². The number of nitrogens with zero attached hydrogens (tertiary/aromatic N) is 5. The Balaban J connectivity index is 0.000000479. The maximum absolute atomic E-state index is 13.5. The van der Waals surface area contributed by atoms with Crippen molar-refractivity contribution in [3.05, 3.63) is 51.7 Å². The molecule has 0 saturated carbocycles. The fourth-order valence-electron chi connectivity index (χ4n) is 3.98. The van der Waals surface area contributed by atoms with Gasteiger partial charge < -0.3 is 19.6 Å². The second kappa shape index (κ2) is 11.3. The van der Waals surface area contributed by atoms with E-state index in [0.717, 1.165) is 12.2 Å². The lowest BCUT2D eigenvalue weighted by Crippen LogP contribution is -2.53. The largest absolute Gasteiger partial charge is 0.490 e. The van der Waals surface area contributed by atoms with Crippen molar-refractivity contribution in [2.24, 2.45) is 0 Å². The van der Waals surface area contributed by atoms with E-state index in [4.69, 9.17) is 19.9 Å². The van der Waals surface area contributed by atoms with Crippen LogP contribution in [0.2, 0.25) is 0 Å². The molecule has 1 saturated heterocycles. The molecule has 1 atom stereocenters. The van der Waals surface area contributed by atoms with Crippen molar-refractivity contribution in [2.75, 3.05) is 24.5 Å². The van der Waals surface area contributed by atoms with Gasteiger partial charge in [0.05, 0.1) is 18.2 Å². The van der Waals surface area contributed by atoms with Crippen molar-refractivity contribution in [1.82, 2.24) is 14.5 Å². The molecule has 198 valence electrons. The Morgan fingerprint density at radius 1 is 1.24 bits per heavy atom. The van der Waals surface area contributed by atoms with Crippen molar-refractivity contribution in [1.29, 1.82) is 5.26 Å². The number of hydrogen-bond acceptors (Lipinski definition) is 7.